The number of rotatable bonds is 3. The first kappa shape index (κ1) is 10.9. The molecule has 2 rings (SSSR count). The molecule has 82 valence electrons. The van der Waals surface area contributed by atoms with Crippen LogP contribution >= 0.6 is 15.9 Å². The predicted molar refractivity (Wildman–Crippen MR) is 61.0 cm³/mol. The van der Waals surface area contributed by atoms with Crippen LogP contribution in [0.25, 0.3) is 0 Å². The van der Waals surface area contributed by atoms with Gasteiger partial charge in [-0.3, -0.25) is 0 Å². The Kier molecular flexibility index (Phi) is 3.97. The van der Waals surface area contributed by atoms with E-state index in [1.165, 1.54) is 0 Å². The minimum atomic E-state index is 0.615. The van der Waals surface area contributed by atoms with Gasteiger partial charge in [-0.25, -0.2) is 4.98 Å². The molecular formula is C11H14BrNO2. The van der Waals surface area contributed by atoms with Crippen LogP contribution in [0.1, 0.15) is 12.8 Å². The standard InChI is InChI=1S/C11H14BrNO2/c12-10-1-2-11(13-7-10)15-8-9-3-5-14-6-4-9/h1-2,7,9H,3-6,8H2. The summed E-state index contributed by atoms with van der Waals surface area (Å²) in [4.78, 5) is 4.16. The Balaban J connectivity index is 1.79. The van der Waals surface area contributed by atoms with Gasteiger partial charge in [-0.05, 0) is 40.8 Å². The van der Waals surface area contributed by atoms with E-state index in [-0.39, 0.29) is 0 Å². The van der Waals surface area contributed by atoms with Gasteiger partial charge in [-0.1, -0.05) is 0 Å². The van der Waals surface area contributed by atoms with Crippen LogP contribution < -0.4 is 4.74 Å². The fourth-order valence-electron chi connectivity index (χ4n) is 1.56. The van der Waals surface area contributed by atoms with Crippen molar-refractivity contribution in [1.29, 1.82) is 0 Å². The van der Waals surface area contributed by atoms with Crippen LogP contribution in [0, 0.1) is 5.92 Å². The van der Waals surface area contributed by atoms with E-state index in [1.807, 2.05) is 12.1 Å². The molecule has 1 aliphatic rings. The molecule has 1 aliphatic heterocycles. The summed E-state index contributed by atoms with van der Waals surface area (Å²) < 4.78 is 11.9. The van der Waals surface area contributed by atoms with E-state index in [0.717, 1.165) is 37.1 Å². The molecule has 0 aromatic carbocycles. The molecule has 0 amide bonds. The molecule has 1 fully saturated rings. The minimum Gasteiger partial charge on any atom is -0.477 e. The molecule has 1 aromatic rings. The minimum absolute atomic E-state index is 0.615. The average Bonchev–Trinajstić information content (AvgIpc) is 2.30. The van der Waals surface area contributed by atoms with Gasteiger partial charge in [-0.15, -0.1) is 0 Å². The molecule has 0 spiro atoms. The lowest BCUT2D eigenvalue weighted by Crippen LogP contribution is -2.21. The fourth-order valence-corrected chi connectivity index (χ4v) is 1.80. The molecule has 0 bridgehead atoms. The number of aromatic nitrogens is 1. The molecule has 15 heavy (non-hydrogen) atoms. The first-order valence-corrected chi connectivity index (χ1v) is 5.96. The van der Waals surface area contributed by atoms with E-state index >= 15 is 0 Å². The van der Waals surface area contributed by atoms with E-state index in [0.29, 0.717) is 11.8 Å². The maximum Gasteiger partial charge on any atom is 0.213 e. The summed E-state index contributed by atoms with van der Waals surface area (Å²) in [5, 5.41) is 0. The first-order chi connectivity index (χ1) is 7.34. The highest BCUT2D eigenvalue weighted by molar-refractivity contribution is 9.10. The van der Waals surface area contributed by atoms with Crippen molar-refractivity contribution >= 4 is 15.9 Å². The Morgan fingerprint density at radius 1 is 1.40 bits per heavy atom. The van der Waals surface area contributed by atoms with Crippen molar-refractivity contribution in [1.82, 2.24) is 4.98 Å². The van der Waals surface area contributed by atoms with E-state index in [2.05, 4.69) is 20.9 Å². The summed E-state index contributed by atoms with van der Waals surface area (Å²) >= 11 is 3.34. The second-order valence-electron chi connectivity index (χ2n) is 3.68. The fraction of sp³-hybridized carbons (Fsp3) is 0.545. The molecule has 0 saturated carbocycles. The van der Waals surface area contributed by atoms with Gasteiger partial charge in [0.25, 0.3) is 0 Å². The van der Waals surface area contributed by atoms with Gasteiger partial charge in [-0.2, -0.15) is 0 Å². The predicted octanol–water partition coefficient (Wildman–Crippen LogP) is 2.65. The largest absolute Gasteiger partial charge is 0.477 e. The second kappa shape index (κ2) is 5.47. The zero-order valence-electron chi connectivity index (χ0n) is 8.49. The van der Waals surface area contributed by atoms with Crippen LogP contribution in [0.4, 0.5) is 0 Å². The summed E-state index contributed by atoms with van der Waals surface area (Å²) in [5.74, 6) is 1.31. The van der Waals surface area contributed by atoms with E-state index < -0.39 is 0 Å². The summed E-state index contributed by atoms with van der Waals surface area (Å²) in [6, 6.07) is 3.82. The zero-order chi connectivity index (χ0) is 10.5. The number of nitrogens with zero attached hydrogens (tertiary/aromatic N) is 1. The van der Waals surface area contributed by atoms with Gasteiger partial charge in [0.1, 0.15) is 0 Å². The highest BCUT2D eigenvalue weighted by Crippen LogP contribution is 2.17. The Morgan fingerprint density at radius 3 is 2.87 bits per heavy atom. The van der Waals surface area contributed by atoms with Crippen molar-refractivity contribution in [3.05, 3.63) is 22.8 Å². The molecule has 4 heteroatoms. The number of hydrogen-bond donors (Lipinski definition) is 0. The highest BCUT2D eigenvalue weighted by atomic mass is 79.9. The summed E-state index contributed by atoms with van der Waals surface area (Å²) in [5.41, 5.74) is 0. The van der Waals surface area contributed by atoms with Gasteiger partial charge in [0.15, 0.2) is 0 Å². The van der Waals surface area contributed by atoms with Crippen molar-refractivity contribution < 1.29 is 9.47 Å². The molecular weight excluding hydrogens is 258 g/mol. The normalized spacial score (nSPS) is 17.7. The Hall–Kier alpha value is -0.610. The van der Waals surface area contributed by atoms with Crippen LogP contribution in [0.2, 0.25) is 0 Å². The third-order valence-corrected chi connectivity index (χ3v) is 2.98. The first-order valence-electron chi connectivity index (χ1n) is 5.17. The van der Waals surface area contributed by atoms with E-state index in [4.69, 9.17) is 9.47 Å². The van der Waals surface area contributed by atoms with Crippen molar-refractivity contribution in [2.75, 3.05) is 19.8 Å². The molecule has 3 nitrogen and oxygen atoms in total. The lowest BCUT2D eigenvalue weighted by molar-refractivity contribution is 0.0490. The average molecular weight is 272 g/mol. The Labute approximate surface area is 97.9 Å². The van der Waals surface area contributed by atoms with E-state index in [1.54, 1.807) is 6.20 Å². The van der Waals surface area contributed by atoms with Gasteiger partial charge >= 0.3 is 0 Å². The van der Waals surface area contributed by atoms with Crippen LogP contribution in [0.5, 0.6) is 5.88 Å². The summed E-state index contributed by atoms with van der Waals surface area (Å²) in [6.45, 7) is 2.47. The maximum absolute atomic E-state index is 5.61. The van der Waals surface area contributed by atoms with Crippen molar-refractivity contribution in [3.63, 3.8) is 0 Å². The van der Waals surface area contributed by atoms with Gasteiger partial charge in [0.05, 0.1) is 6.61 Å². The van der Waals surface area contributed by atoms with Crippen molar-refractivity contribution in [2.45, 2.75) is 12.8 Å². The number of halogens is 1. The monoisotopic (exact) mass is 271 g/mol. The van der Waals surface area contributed by atoms with Crippen LogP contribution in [-0.4, -0.2) is 24.8 Å². The molecule has 0 N–H and O–H groups in total. The lowest BCUT2D eigenvalue weighted by atomic mass is 10.0. The maximum atomic E-state index is 5.61. The Morgan fingerprint density at radius 2 is 2.20 bits per heavy atom. The topological polar surface area (TPSA) is 31.4 Å². The van der Waals surface area contributed by atoms with Gasteiger partial charge in [0.2, 0.25) is 5.88 Å². The van der Waals surface area contributed by atoms with Crippen LogP contribution in [0.15, 0.2) is 22.8 Å². The van der Waals surface area contributed by atoms with Gasteiger partial charge < -0.3 is 9.47 Å². The third-order valence-electron chi connectivity index (χ3n) is 2.51. The number of hydrogen-bond acceptors (Lipinski definition) is 3. The van der Waals surface area contributed by atoms with E-state index in [9.17, 15) is 0 Å². The highest BCUT2D eigenvalue weighted by Gasteiger charge is 2.14. The third kappa shape index (κ3) is 3.47. The SMILES string of the molecule is Brc1ccc(OCC2CCOCC2)nc1. The lowest BCUT2D eigenvalue weighted by Gasteiger charge is -2.21. The van der Waals surface area contributed by atoms with Crippen LogP contribution in [0.3, 0.4) is 0 Å². The van der Waals surface area contributed by atoms with Crippen LogP contribution in [-0.2, 0) is 4.74 Å². The molecule has 0 aliphatic carbocycles. The molecule has 2 heterocycles. The second-order valence-corrected chi connectivity index (χ2v) is 4.60. The quantitative estimate of drug-likeness (QED) is 0.847. The number of pyridine rings is 1. The Bertz CT molecular complexity index is 296. The molecule has 0 unspecified atom stereocenters. The number of ether oxygens (including phenoxy) is 2. The van der Waals surface area contributed by atoms with Crippen molar-refractivity contribution in [2.24, 2.45) is 5.92 Å². The zero-order valence-corrected chi connectivity index (χ0v) is 10.1. The smallest absolute Gasteiger partial charge is 0.213 e. The molecule has 0 radical (unpaired) electrons. The summed E-state index contributed by atoms with van der Waals surface area (Å²) in [7, 11) is 0. The summed E-state index contributed by atoms with van der Waals surface area (Å²) in [6.07, 6.45) is 3.94. The van der Waals surface area contributed by atoms with Crippen molar-refractivity contribution in [3.8, 4) is 5.88 Å². The molecule has 1 aromatic heterocycles. The van der Waals surface area contributed by atoms with Gasteiger partial charge in [0, 0.05) is 29.9 Å². The molecule has 0 atom stereocenters. The molecule has 1 saturated heterocycles.